The molecule has 0 aromatic heterocycles. The van der Waals surface area contributed by atoms with E-state index in [9.17, 15) is 5.11 Å². The molecule has 1 aliphatic rings. The fraction of sp³-hybridized carbons (Fsp3) is 0.538. The van der Waals surface area contributed by atoms with Crippen molar-refractivity contribution in [3.63, 3.8) is 0 Å². The van der Waals surface area contributed by atoms with Gasteiger partial charge in [0.15, 0.2) is 0 Å². The van der Waals surface area contributed by atoms with Gasteiger partial charge >= 0.3 is 0 Å². The number of benzene rings is 1. The predicted octanol–water partition coefficient (Wildman–Crippen LogP) is 1.91. The minimum atomic E-state index is 0.384. The van der Waals surface area contributed by atoms with Crippen LogP contribution in [0.5, 0.6) is 5.75 Å². The Bertz CT molecular complexity index is 366. The Labute approximate surface area is 111 Å². The maximum Gasteiger partial charge on any atom is 0.119 e. The monoisotopic (exact) mass is 298 g/mol. The molecule has 0 saturated carbocycles. The van der Waals surface area contributed by atoms with Gasteiger partial charge in [-0.15, -0.1) is 0 Å². The van der Waals surface area contributed by atoms with Gasteiger partial charge in [-0.3, -0.25) is 0 Å². The van der Waals surface area contributed by atoms with E-state index >= 15 is 0 Å². The van der Waals surface area contributed by atoms with Crippen molar-refractivity contribution in [2.45, 2.75) is 13.3 Å². The zero-order valence-corrected chi connectivity index (χ0v) is 11.8. The van der Waals surface area contributed by atoms with Gasteiger partial charge in [0.2, 0.25) is 0 Å². The lowest BCUT2D eigenvalue weighted by molar-refractivity contribution is 0.244. The number of hydrogen-bond donors (Lipinski definition) is 2. The van der Waals surface area contributed by atoms with Crippen LogP contribution in [0.3, 0.4) is 0 Å². The summed E-state index contributed by atoms with van der Waals surface area (Å²) in [7, 11) is 0. The Hall–Kier alpha value is -0.580. The number of aromatic hydroxyl groups is 1. The number of rotatable bonds is 3. The molecule has 1 heterocycles. The second-order valence-electron chi connectivity index (χ2n) is 4.56. The molecule has 3 nitrogen and oxygen atoms in total. The summed E-state index contributed by atoms with van der Waals surface area (Å²) in [5, 5.41) is 13.1. The first-order valence-corrected chi connectivity index (χ1v) is 6.87. The second-order valence-corrected chi connectivity index (χ2v) is 5.42. The molecule has 1 aliphatic heterocycles. The zero-order chi connectivity index (χ0) is 12.3. The molecule has 0 aliphatic carbocycles. The smallest absolute Gasteiger partial charge is 0.119 e. The molecule has 0 atom stereocenters. The summed E-state index contributed by atoms with van der Waals surface area (Å²) in [4.78, 5) is 2.46. The van der Waals surface area contributed by atoms with Crippen LogP contribution in [0, 0.1) is 6.92 Å². The highest BCUT2D eigenvalue weighted by atomic mass is 79.9. The van der Waals surface area contributed by atoms with Crippen molar-refractivity contribution in [2.24, 2.45) is 0 Å². The van der Waals surface area contributed by atoms with Gasteiger partial charge in [-0.2, -0.15) is 0 Å². The Morgan fingerprint density at radius 2 is 2.06 bits per heavy atom. The summed E-state index contributed by atoms with van der Waals surface area (Å²) in [6.45, 7) is 7.40. The molecule has 2 N–H and O–H groups in total. The molecule has 17 heavy (non-hydrogen) atoms. The van der Waals surface area contributed by atoms with E-state index < -0.39 is 0 Å². The number of hydrogen-bond acceptors (Lipinski definition) is 3. The molecule has 0 amide bonds. The van der Waals surface area contributed by atoms with Crippen LogP contribution in [0.25, 0.3) is 0 Å². The third kappa shape index (κ3) is 3.44. The average Bonchev–Trinajstić information content (AvgIpc) is 2.34. The summed E-state index contributed by atoms with van der Waals surface area (Å²) in [6.07, 6.45) is 0.992. The Morgan fingerprint density at radius 1 is 1.35 bits per heavy atom. The molecule has 1 saturated heterocycles. The number of phenolic OH excluding ortho intramolecular Hbond substituents is 1. The Kier molecular flexibility index (Phi) is 4.42. The molecule has 0 spiro atoms. The molecule has 1 aromatic carbocycles. The lowest BCUT2D eigenvalue weighted by Crippen LogP contribution is -2.44. The lowest BCUT2D eigenvalue weighted by atomic mass is 10.1. The Balaban J connectivity index is 1.94. The van der Waals surface area contributed by atoms with Crippen molar-refractivity contribution < 1.29 is 5.11 Å². The van der Waals surface area contributed by atoms with E-state index in [0.717, 1.165) is 49.2 Å². The van der Waals surface area contributed by atoms with E-state index in [4.69, 9.17) is 0 Å². The largest absolute Gasteiger partial charge is 0.508 e. The van der Waals surface area contributed by atoms with Crippen LogP contribution >= 0.6 is 15.9 Å². The maximum atomic E-state index is 9.76. The quantitative estimate of drug-likeness (QED) is 0.895. The molecule has 94 valence electrons. The third-order valence-corrected chi connectivity index (χ3v) is 4.13. The predicted molar refractivity (Wildman–Crippen MR) is 73.6 cm³/mol. The van der Waals surface area contributed by atoms with Gasteiger partial charge < -0.3 is 15.3 Å². The van der Waals surface area contributed by atoms with Gasteiger partial charge in [0, 0.05) is 42.8 Å². The van der Waals surface area contributed by atoms with Crippen LogP contribution < -0.4 is 5.32 Å². The SMILES string of the molecule is Cc1c(O)cc(CCN2CCNCC2)cc1Br. The summed E-state index contributed by atoms with van der Waals surface area (Å²) in [5.74, 6) is 0.384. The molecule has 4 heteroatoms. The number of nitrogens with zero attached hydrogens (tertiary/aromatic N) is 1. The van der Waals surface area contributed by atoms with Gasteiger partial charge in [-0.05, 0) is 31.0 Å². The van der Waals surface area contributed by atoms with Gasteiger partial charge in [0.05, 0.1) is 0 Å². The molecule has 0 radical (unpaired) electrons. The standard InChI is InChI=1S/C13H19BrN2O/c1-10-12(14)8-11(9-13(10)17)2-5-16-6-3-15-4-7-16/h8-9,15,17H,2-7H2,1H3. The van der Waals surface area contributed by atoms with E-state index in [1.54, 1.807) is 0 Å². The summed E-state index contributed by atoms with van der Waals surface area (Å²) >= 11 is 3.48. The highest BCUT2D eigenvalue weighted by molar-refractivity contribution is 9.10. The first kappa shape index (κ1) is 12.9. The zero-order valence-electron chi connectivity index (χ0n) is 10.2. The van der Waals surface area contributed by atoms with Crippen molar-refractivity contribution in [3.8, 4) is 5.75 Å². The average molecular weight is 299 g/mol. The summed E-state index contributed by atoms with van der Waals surface area (Å²) in [6, 6.07) is 3.99. The topological polar surface area (TPSA) is 35.5 Å². The van der Waals surface area contributed by atoms with Crippen molar-refractivity contribution in [2.75, 3.05) is 32.7 Å². The van der Waals surface area contributed by atoms with Crippen molar-refractivity contribution in [3.05, 3.63) is 27.7 Å². The first-order valence-electron chi connectivity index (χ1n) is 6.08. The van der Waals surface area contributed by atoms with E-state index in [-0.39, 0.29) is 0 Å². The van der Waals surface area contributed by atoms with E-state index in [1.165, 1.54) is 5.56 Å². The molecular weight excluding hydrogens is 280 g/mol. The van der Waals surface area contributed by atoms with E-state index in [0.29, 0.717) is 5.75 Å². The molecule has 2 rings (SSSR count). The van der Waals surface area contributed by atoms with Gasteiger partial charge in [-0.25, -0.2) is 0 Å². The van der Waals surface area contributed by atoms with Crippen LogP contribution in [-0.2, 0) is 6.42 Å². The molecule has 1 fully saturated rings. The summed E-state index contributed by atoms with van der Waals surface area (Å²) < 4.78 is 0.993. The van der Waals surface area contributed by atoms with Gasteiger partial charge in [0.25, 0.3) is 0 Å². The number of phenols is 1. The normalized spacial score (nSPS) is 17.3. The molecule has 0 unspecified atom stereocenters. The maximum absolute atomic E-state index is 9.76. The number of piperazine rings is 1. The second kappa shape index (κ2) is 5.85. The summed E-state index contributed by atoms with van der Waals surface area (Å²) in [5.41, 5.74) is 2.11. The van der Waals surface area contributed by atoms with Crippen molar-refractivity contribution >= 4 is 15.9 Å². The Morgan fingerprint density at radius 3 is 2.71 bits per heavy atom. The molecular formula is C13H19BrN2O. The molecule has 0 bridgehead atoms. The van der Waals surface area contributed by atoms with Gasteiger partial charge in [0.1, 0.15) is 5.75 Å². The van der Waals surface area contributed by atoms with Crippen molar-refractivity contribution in [1.82, 2.24) is 10.2 Å². The van der Waals surface area contributed by atoms with Crippen LogP contribution in [0.2, 0.25) is 0 Å². The van der Waals surface area contributed by atoms with Crippen molar-refractivity contribution in [1.29, 1.82) is 0 Å². The van der Waals surface area contributed by atoms with Gasteiger partial charge in [-0.1, -0.05) is 15.9 Å². The lowest BCUT2D eigenvalue weighted by Gasteiger charge is -2.27. The van der Waals surface area contributed by atoms with Crippen LogP contribution in [0.4, 0.5) is 0 Å². The van der Waals surface area contributed by atoms with Crippen LogP contribution in [0.15, 0.2) is 16.6 Å². The fourth-order valence-electron chi connectivity index (χ4n) is 2.09. The minimum absolute atomic E-state index is 0.384. The molecule has 1 aromatic rings. The first-order chi connectivity index (χ1) is 8.16. The highest BCUT2D eigenvalue weighted by Gasteiger charge is 2.10. The van der Waals surface area contributed by atoms with E-state index in [2.05, 4.69) is 32.2 Å². The van der Waals surface area contributed by atoms with Crippen LogP contribution in [0.1, 0.15) is 11.1 Å². The highest BCUT2D eigenvalue weighted by Crippen LogP contribution is 2.27. The van der Waals surface area contributed by atoms with E-state index in [1.807, 2.05) is 13.0 Å². The number of halogens is 1. The third-order valence-electron chi connectivity index (χ3n) is 3.30. The fourth-order valence-corrected chi connectivity index (χ4v) is 2.58. The number of nitrogens with one attached hydrogen (secondary N) is 1. The van der Waals surface area contributed by atoms with Crippen LogP contribution in [-0.4, -0.2) is 42.7 Å². The minimum Gasteiger partial charge on any atom is -0.508 e.